The first kappa shape index (κ1) is 22.7. The summed E-state index contributed by atoms with van der Waals surface area (Å²) in [6.07, 6.45) is 1.51. The van der Waals surface area contributed by atoms with Gasteiger partial charge in [0.1, 0.15) is 0 Å². The Balaban J connectivity index is 1.84. The van der Waals surface area contributed by atoms with E-state index in [1.54, 1.807) is 48.5 Å². The Morgan fingerprint density at radius 1 is 0.857 bits per heavy atom. The molecule has 11 heteroatoms. The zero-order valence-electron chi connectivity index (χ0n) is 17.9. The molecule has 1 aliphatic heterocycles. The minimum Gasteiger partial charge on any atom is -0.375 e. The molecule has 178 valence electrons. The number of H-pyrrole nitrogens is 1. The topological polar surface area (TPSA) is 96.5 Å². The van der Waals surface area contributed by atoms with Crippen molar-refractivity contribution in [2.75, 3.05) is 7.05 Å². The molecule has 2 amide bonds. The molecule has 0 spiro atoms. The number of benzene rings is 3. The lowest BCUT2D eigenvalue weighted by Gasteiger charge is -2.15. The van der Waals surface area contributed by atoms with Crippen LogP contribution >= 0.6 is 0 Å². The minimum absolute atomic E-state index is 0.0838. The molecule has 4 aromatic rings. The van der Waals surface area contributed by atoms with E-state index in [1.165, 1.54) is 19.3 Å². The van der Waals surface area contributed by atoms with Crippen LogP contribution in [-0.4, -0.2) is 42.7 Å². The van der Waals surface area contributed by atoms with Crippen LogP contribution in [0.25, 0.3) is 32.8 Å². The van der Waals surface area contributed by atoms with Gasteiger partial charge in [-0.05, 0) is 29.0 Å². The van der Waals surface area contributed by atoms with Gasteiger partial charge in [0.05, 0.1) is 11.1 Å². The fourth-order valence-electron chi connectivity index (χ4n) is 4.07. The van der Waals surface area contributed by atoms with Crippen molar-refractivity contribution in [1.82, 2.24) is 9.88 Å². The standard InChI is InChI=1S/C24H15F3N2O5S/c1-29-22(30)20(21(23(29)31)17-12-28-18-9-5-4-8-15(17)18)16-10-13-6-2-3-7-14(13)11-19(16)34-35(32,33)24(25,26)27/h2-12,28H,1H3. The first-order valence-corrected chi connectivity index (χ1v) is 11.6. The van der Waals surface area contributed by atoms with Crippen molar-refractivity contribution in [2.45, 2.75) is 5.51 Å². The largest absolute Gasteiger partial charge is 0.534 e. The fourth-order valence-corrected chi connectivity index (χ4v) is 4.54. The van der Waals surface area contributed by atoms with Gasteiger partial charge >= 0.3 is 15.6 Å². The molecular formula is C24H15F3N2O5S. The number of aromatic nitrogens is 1. The van der Waals surface area contributed by atoms with Crippen molar-refractivity contribution in [3.63, 3.8) is 0 Å². The van der Waals surface area contributed by atoms with Gasteiger partial charge in [-0.2, -0.15) is 21.6 Å². The van der Waals surface area contributed by atoms with Crippen molar-refractivity contribution < 1.29 is 35.4 Å². The van der Waals surface area contributed by atoms with Crippen LogP contribution in [0.1, 0.15) is 11.1 Å². The molecule has 1 aromatic heterocycles. The molecule has 2 heterocycles. The molecule has 3 aromatic carbocycles. The second-order valence-electron chi connectivity index (χ2n) is 7.85. The second kappa shape index (κ2) is 7.70. The van der Waals surface area contributed by atoms with Crippen LogP contribution in [0.2, 0.25) is 0 Å². The van der Waals surface area contributed by atoms with Gasteiger partial charge in [-0.3, -0.25) is 14.5 Å². The fraction of sp³-hybridized carbons (Fsp3) is 0.0833. The number of carbonyl (C=O) groups is 2. The third-order valence-electron chi connectivity index (χ3n) is 5.75. The number of rotatable bonds is 4. The summed E-state index contributed by atoms with van der Waals surface area (Å²) < 4.78 is 67.8. The lowest BCUT2D eigenvalue weighted by atomic mass is 9.93. The van der Waals surface area contributed by atoms with Crippen LogP contribution in [0.5, 0.6) is 5.75 Å². The molecule has 1 aliphatic rings. The quantitative estimate of drug-likeness (QED) is 0.254. The molecule has 0 unspecified atom stereocenters. The van der Waals surface area contributed by atoms with Gasteiger partial charge in [-0.15, -0.1) is 0 Å². The Labute approximate surface area is 196 Å². The smallest absolute Gasteiger partial charge is 0.375 e. The van der Waals surface area contributed by atoms with Crippen LogP contribution in [0.15, 0.2) is 66.9 Å². The molecule has 1 N–H and O–H groups in total. The number of alkyl halides is 3. The highest BCUT2D eigenvalue weighted by Crippen LogP contribution is 2.43. The van der Waals surface area contributed by atoms with E-state index in [0.29, 0.717) is 27.2 Å². The van der Waals surface area contributed by atoms with Gasteiger partial charge in [-0.25, -0.2) is 0 Å². The Morgan fingerprint density at radius 3 is 2.09 bits per heavy atom. The summed E-state index contributed by atoms with van der Waals surface area (Å²) in [5, 5.41) is 1.48. The Morgan fingerprint density at radius 2 is 1.43 bits per heavy atom. The van der Waals surface area contributed by atoms with Crippen LogP contribution in [0.4, 0.5) is 13.2 Å². The van der Waals surface area contributed by atoms with Gasteiger partial charge < -0.3 is 9.17 Å². The van der Waals surface area contributed by atoms with Crippen molar-refractivity contribution >= 4 is 54.8 Å². The van der Waals surface area contributed by atoms with E-state index >= 15 is 0 Å². The summed E-state index contributed by atoms with van der Waals surface area (Å²) in [7, 11) is -4.82. The summed E-state index contributed by atoms with van der Waals surface area (Å²) >= 11 is 0. The number of nitrogens with zero attached hydrogens (tertiary/aromatic N) is 1. The highest BCUT2D eigenvalue weighted by Gasteiger charge is 2.49. The third kappa shape index (κ3) is 3.55. The number of fused-ring (bicyclic) bond motifs is 2. The highest BCUT2D eigenvalue weighted by atomic mass is 32.2. The molecule has 0 atom stereocenters. The van der Waals surface area contributed by atoms with Crippen molar-refractivity contribution in [2.24, 2.45) is 0 Å². The van der Waals surface area contributed by atoms with Crippen molar-refractivity contribution in [3.8, 4) is 5.75 Å². The molecule has 5 rings (SSSR count). The molecule has 0 bridgehead atoms. The number of carbonyl (C=O) groups excluding carboxylic acids is 2. The number of aromatic amines is 1. The Hall–Kier alpha value is -4.12. The summed E-state index contributed by atoms with van der Waals surface area (Å²) in [6, 6.07) is 15.9. The van der Waals surface area contributed by atoms with Gasteiger partial charge in [0.25, 0.3) is 11.8 Å². The molecule has 7 nitrogen and oxygen atoms in total. The zero-order valence-corrected chi connectivity index (χ0v) is 18.7. The first-order valence-electron chi connectivity index (χ1n) is 10.2. The SMILES string of the molecule is CN1C(=O)C(c2cc3ccccc3cc2OS(=O)(=O)C(F)(F)F)=C(c2c[nH]c3ccccc23)C1=O. The maximum atomic E-state index is 13.2. The van der Waals surface area contributed by atoms with Gasteiger partial charge in [0, 0.05) is 35.3 Å². The molecule has 0 radical (unpaired) electrons. The zero-order chi connectivity index (χ0) is 25.1. The van der Waals surface area contributed by atoms with Gasteiger partial charge in [0.2, 0.25) is 0 Å². The Bertz CT molecular complexity index is 1690. The number of likely N-dealkylation sites (N-methyl/N-ethyl adjacent to an activating group) is 1. The number of halogens is 3. The van der Waals surface area contributed by atoms with Crippen molar-refractivity contribution in [1.29, 1.82) is 0 Å². The predicted molar refractivity (Wildman–Crippen MR) is 122 cm³/mol. The molecule has 0 saturated carbocycles. The maximum Gasteiger partial charge on any atom is 0.534 e. The number of nitrogens with one attached hydrogen (secondary N) is 1. The highest BCUT2D eigenvalue weighted by molar-refractivity contribution is 7.88. The van der Waals surface area contributed by atoms with E-state index in [2.05, 4.69) is 9.17 Å². The number of para-hydroxylation sites is 1. The van der Waals surface area contributed by atoms with Crippen LogP contribution in [-0.2, 0) is 19.7 Å². The molecule has 35 heavy (non-hydrogen) atoms. The minimum atomic E-state index is -6.06. The maximum absolute atomic E-state index is 13.2. The lowest BCUT2D eigenvalue weighted by Crippen LogP contribution is -2.29. The lowest BCUT2D eigenvalue weighted by molar-refractivity contribution is -0.134. The van der Waals surface area contributed by atoms with E-state index in [9.17, 15) is 31.2 Å². The number of imide groups is 1. The molecule has 0 fully saturated rings. The van der Waals surface area contributed by atoms with Gasteiger partial charge in [0.15, 0.2) is 5.75 Å². The summed E-state index contributed by atoms with van der Waals surface area (Å²) in [6.45, 7) is 0. The van der Waals surface area contributed by atoms with Crippen molar-refractivity contribution in [3.05, 3.63) is 78.0 Å². The Kier molecular flexibility index (Phi) is 4.99. The predicted octanol–water partition coefficient (Wildman–Crippen LogP) is 4.46. The summed E-state index contributed by atoms with van der Waals surface area (Å²) in [5.41, 5.74) is -5.29. The molecule has 0 saturated heterocycles. The second-order valence-corrected chi connectivity index (χ2v) is 9.38. The van der Waals surface area contributed by atoms with E-state index in [0.717, 1.165) is 11.0 Å². The summed E-state index contributed by atoms with van der Waals surface area (Å²) in [5.74, 6) is -2.21. The molecular weight excluding hydrogens is 485 g/mol. The summed E-state index contributed by atoms with van der Waals surface area (Å²) in [4.78, 5) is 30.2. The van der Waals surface area contributed by atoms with Crippen LogP contribution in [0.3, 0.4) is 0 Å². The van der Waals surface area contributed by atoms with E-state index in [-0.39, 0.29) is 16.7 Å². The normalized spacial score (nSPS) is 15.0. The molecule has 0 aliphatic carbocycles. The van der Waals surface area contributed by atoms with E-state index in [4.69, 9.17) is 0 Å². The number of hydrogen-bond acceptors (Lipinski definition) is 5. The number of hydrogen-bond donors (Lipinski definition) is 1. The average molecular weight is 500 g/mol. The van der Waals surface area contributed by atoms with E-state index in [1.807, 2.05) is 0 Å². The monoisotopic (exact) mass is 500 g/mol. The van der Waals surface area contributed by atoms with E-state index < -0.39 is 33.2 Å². The number of amides is 2. The van der Waals surface area contributed by atoms with Crippen LogP contribution in [0, 0.1) is 0 Å². The van der Waals surface area contributed by atoms with Crippen LogP contribution < -0.4 is 4.18 Å². The average Bonchev–Trinajstić information content (AvgIpc) is 3.32. The van der Waals surface area contributed by atoms with Gasteiger partial charge in [-0.1, -0.05) is 42.5 Å². The third-order valence-corrected chi connectivity index (χ3v) is 6.71. The first-order chi connectivity index (χ1) is 16.5.